The largest absolute Gasteiger partial charge is 0.508 e. The van der Waals surface area contributed by atoms with Gasteiger partial charge in [-0.1, -0.05) is 0 Å². The van der Waals surface area contributed by atoms with Gasteiger partial charge in [-0.25, -0.2) is 0 Å². The van der Waals surface area contributed by atoms with E-state index >= 15 is 0 Å². The van der Waals surface area contributed by atoms with Crippen molar-refractivity contribution in [2.24, 2.45) is 0 Å². The number of phenols is 3. The lowest BCUT2D eigenvalue weighted by molar-refractivity contribution is -0.231. The summed E-state index contributed by atoms with van der Waals surface area (Å²) in [5, 5.41) is 103. The minimum Gasteiger partial charge on any atom is -0.508 e. The SMILES string of the molecule is O=c1cc(-c2ccc(O)cc2)oc2c([C@@H]3O[C@H](CO)[C@@H](O)[C@H](O)[C@H]3O)c(O)c([C@H]3O[C@H](CO)[C@@H](O)[C@@H]3O)c(O)c12. The summed E-state index contributed by atoms with van der Waals surface area (Å²) in [5.41, 5.74) is -2.18. The molecular weight excluding hydrogens is 536 g/mol. The second kappa shape index (κ2) is 10.6. The first-order chi connectivity index (χ1) is 19.0. The zero-order valence-corrected chi connectivity index (χ0v) is 20.6. The lowest BCUT2D eigenvalue weighted by Crippen LogP contribution is -2.55. The molecule has 0 saturated carbocycles. The second-order valence-electron chi connectivity index (χ2n) is 9.76. The molecule has 2 saturated heterocycles. The molecule has 40 heavy (non-hydrogen) atoms. The molecule has 3 heterocycles. The summed E-state index contributed by atoms with van der Waals surface area (Å²) in [6, 6.07) is 6.47. The number of aliphatic hydroxyl groups excluding tert-OH is 7. The molecule has 0 amide bonds. The van der Waals surface area contributed by atoms with Gasteiger partial charge >= 0.3 is 0 Å². The first-order valence-corrected chi connectivity index (χ1v) is 12.3. The van der Waals surface area contributed by atoms with Crippen molar-refractivity contribution in [2.45, 2.75) is 54.9 Å². The Kier molecular flexibility index (Phi) is 7.47. The Labute approximate surface area is 224 Å². The number of aromatic hydroxyl groups is 3. The molecule has 0 aliphatic carbocycles. The van der Waals surface area contributed by atoms with Crippen LogP contribution >= 0.6 is 0 Å². The van der Waals surface area contributed by atoms with Gasteiger partial charge in [0.05, 0.1) is 24.3 Å². The Bertz CT molecular complexity index is 1450. The van der Waals surface area contributed by atoms with Gasteiger partial charge in [0.2, 0.25) is 0 Å². The van der Waals surface area contributed by atoms with Gasteiger partial charge in [-0.15, -0.1) is 0 Å². The van der Waals surface area contributed by atoms with E-state index in [1.165, 1.54) is 24.3 Å². The van der Waals surface area contributed by atoms with Crippen LogP contribution in [-0.4, -0.2) is 107 Å². The Hall–Kier alpha value is -3.31. The molecule has 0 unspecified atom stereocenters. The van der Waals surface area contributed by atoms with Crippen LogP contribution in [0.5, 0.6) is 17.2 Å². The van der Waals surface area contributed by atoms with E-state index in [0.717, 1.165) is 6.07 Å². The van der Waals surface area contributed by atoms with Crippen LogP contribution in [0.4, 0.5) is 0 Å². The van der Waals surface area contributed by atoms with Gasteiger partial charge in [0.1, 0.15) is 83.3 Å². The highest BCUT2D eigenvalue weighted by molar-refractivity contribution is 5.92. The minimum atomic E-state index is -1.96. The zero-order valence-electron chi connectivity index (χ0n) is 20.6. The van der Waals surface area contributed by atoms with Crippen molar-refractivity contribution in [1.29, 1.82) is 0 Å². The van der Waals surface area contributed by atoms with Crippen molar-refractivity contribution < 1.29 is 65.0 Å². The normalized spacial score (nSPS) is 32.5. The summed E-state index contributed by atoms with van der Waals surface area (Å²) >= 11 is 0. The third-order valence-corrected chi connectivity index (χ3v) is 7.35. The molecule has 216 valence electrons. The number of phenolic OH excluding ortho intramolecular Hbond substituents is 3. The van der Waals surface area contributed by atoms with Crippen LogP contribution in [0.1, 0.15) is 23.3 Å². The molecule has 2 aliphatic heterocycles. The number of rotatable bonds is 5. The average molecular weight is 564 g/mol. The maximum atomic E-state index is 13.4. The highest BCUT2D eigenvalue weighted by Gasteiger charge is 2.49. The van der Waals surface area contributed by atoms with Crippen molar-refractivity contribution >= 4 is 11.0 Å². The molecule has 0 spiro atoms. The summed E-state index contributed by atoms with van der Waals surface area (Å²) in [6.07, 6.45) is -15.3. The van der Waals surface area contributed by atoms with E-state index in [4.69, 9.17) is 13.9 Å². The molecule has 5 rings (SSSR count). The smallest absolute Gasteiger partial charge is 0.197 e. The second-order valence-corrected chi connectivity index (χ2v) is 9.76. The fourth-order valence-corrected chi connectivity index (χ4v) is 5.19. The molecule has 0 radical (unpaired) electrons. The zero-order chi connectivity index (χ0) is 29.0. The van der Waals surface area contributed by atoms with Gasteiger partial charge in [0.25, 0.3) is 0 Å². The number of hydrogen-bond donors (Lipinski definition) is 10. The Morgan fingerprint density at radius 1 is 0.675 bits per heavy atom. The molecule has 2 aromatic carbocycles. The highest BCUT2D eigenvalue weighted by atomic mass is 16.6. The van der Waals surface area contributed by atoms with E-state index in [9.17, 15) is 55.9 Å². The number of aliphatic hydroxyl groups is 7. The summed E-state index contributed by atoms with van der Waals surface area (Å²) in [5.74, 6) is -1.99. The first kappa shape index (κ1) is 28.2. The minimum absolute atomic E-state index is 0.0766. The molecule has 14 heteroatoms. The lowest BCUT2D eigenvalue weighted by atomic mass is 9.87. The fourth-order valence-electron chi connectivity index (χ4n) is 5.19. The Morgan fingerprint density at radius 2 is 1.20 bits per heavy atom. The molecular formula is C26H28O14. The maximum absolute atomic E-state index is 13.4. The highest BCUT2D eigenvalue weighted by Crippen LogP contribution is 2.51. The van der Waals surface area contributed by atoms with Gasteiger partial charge in [-0.3, -0.25) is 4.79 Å². The van der Waals surface area contributed by atoms with Crippen molar-refractivity contribution in [3.8, 4) is 28.6 Å². The topological polar surface area (TPSA) is 251 Å². The van der Waals surface area contributed by atoms with Crippen LogP contribution in [0.2, 0.25) is 0 Å². The predicted molar refractivity (Wildman–Crippen MR) is 132 cm³/mol. The third kappa shape index (κ3) is 4.39. The number of ether oxygens (including phenoxy) is 2. The number of fused-ring (bicyclic) bond motifs is 1. The van der Waals surface area contributed by atoms with Gasteiger partial charge in [0.15, 0.2) is 11.0 Å². The number of hydrogen-bond acceptors (Lipinski definition) is 14. The van der Waals surface area contributed by atoms with Crippen LogP contribution in [0, 0.1) is 0 Å². The van der Waals surface area contributed by atoms with E-state index in [-0.39, 0.29) is 11.5 Å². The molecule has 2 fully saturated rings. The summed E-state index contributed by atoms with van der Waals surface area (Å²) in [7, 11) is 0. The monoisotopic (exact) mass is 564 g/mol. The van der Waals surface area contributed by atoms with Crippen LogP contribution in [-0.2, 0) is 9.47 Å². The van der Waals surface area contributed by atoms with Crippen LogP contribution < -0.4 is 5.43 Å². The maximum Gasteiger partial charge on any atom is 0.197 e. The van der Waals surface area contributed by atoms with E-state index in [1.54, 1.807) is 0 Å². The van der Waals surface area contributed by atoms with E-state index in [0.29, 0.717) is 5.56 Å². The molecule has 10 N–H and O–H groups in total. The standard InChI is InChI=1S/C26H28O14/c27-6-12-17(31)21(35)23(37)26(40-12)16-20(34)15(25-22(36)18(32)13(7-28)39-25)19(33)14-10(30)5-11(38-24(14)16)8-1-3-9(29)4-2-8/h1-5,12-13,17-18,21-23,25-29,31-37H,6-7H2/t12-,13-,17-,18-,21+,22+,23-,25-,26+/m1/s1. The van der Waals surface area contributed by atoms with Crippen molar-refractivity contribution in [3.05, 3.63) is 51.7 Å². The van der Waals surface area contributed by atoms with E-state index in [2.05, 4.69) is 0 Å². The summed E-state index contributed by atoms with van der Waals surface area (Å²) in [4.78, 5) is 13.4. The third-order valence-electron chi connectivity index (χ3n) is 7.35. The number of benzene rings is 2. The lowest BCUT2D eigenvalue weighted by Gasteiger charge is -2.40. The van der Waals surface area contributed by atoms with Crippen molar-refractivity contribution in [1.82, 2.24) is 0 Å². The van der Waals surface area contributed by atoms with Crippen LogP contribution in [0.25, 0.3) is 22.3 Å². The Morgan fingerprint density at radius 3 is 1.75 bits per heavy atom. The predicted octanol–water partition coefficient (Wildman–Crippen LogP) is -1.75. The van der Waals surface area contributed by atoms with Gasteiger partial charge in [-0.05, 0) is 24.3 Å². The molecule has 2 aliphatic rings. The average Bonchev–Trinajstić information content (AvgIpc) is 3.21. The van der Waals surface area contributed by atoms with Crippen LogP contribution in [0.3, 0.4) is 0 Å². The van der Waals surface area contributed by atoms with Gasteiger partial charge in [0, 0.05) is 11.6 Å². The quantitative estimate of drug-likeness (QED) is 0.165. The molecule has 9 atom stereocenters. The van der Waals surface area contributed by atoms with Crippen LogP contribution in [0.15, 0.2) is 39.5 Å². The summed E-state index contributed by atoms with van der Waals surface area (Å²) < 4.78 is 17.0. The first-order valence-electron chi connectivity index (χ1n) is 12.3. The van der Waals surface area contributed by atoms with Crippen molar-refractivity contribution in [2.75, 3.05) is 13.2 Å². The van der Waals surface area contributed by atoms with Gasteiger partial charge in [-0.2, -0.15) is 0 Å². The Balaban J connectivity index is 1.81. The molecule has 3 aromatic rings. The van der Waals surface area contributed by atoms with Gasteiger partial charge < -0.3 is 65.0 Å². The molecule has 0 bridgehead atoms. The molecule has 1 aromatic heterocycles. The van der Waals surface area contributed by atoms with Crippen molar-refractivity contribution in [3.63, 3.8) is 0 Å². The molecule has 14 nitrogen and oxygen atoms in total. The van der Waals surface area contributed by atoms with E-state index < -0.39 is 107 Å². The summed E-state index contributed by atoms with van der Waals surface area (Å²) in [6.45, 7) is -1.55. The van der Waals surface area contributed by atoms with E-state index in [1.807, 2.05) is 0 Å². The fraction of sp³-hybridized carbons (Fsp3) is 0.423.